The Morgan fingerprint density at radius 2 is 1.70 bits per heavy atom. The average Bonchev–Trinajstić information content (AvgIpc) is 3.76. The van der Waals surface area contributed by atoms with Crippen LogP contribution in [0.15, 0.2) is 85.2 Å². The molecule has 0 spiro atoms. The number of hydrogen-bond acceptors (Lipinski definition) is 8. The number of ketones is 1. The molecule has 1 atom stereocenters. The van der Waals surface area contributed by atoms with Crippen LogP contribution in [0.1, 0.15) is 17.5 Å². The number of hydrogen-bond donors (Lipinski definition) is 1. The molecule has 1 amide bonds. The maximum absolute atomic E-state index is 13.3. The second-order valence-corrected chi connectivity index (χ2v) is 12.0. The van der Waals surface area contributed by atoms with Crippen molar-refractivity contribution in [3.8, 4) is 28.7 Å². The highest BCUT2D eigenvalue weighted by atomic mass is 16.2. The molecule has 2 fully saturated rings. The Morgan fingerprint density at radius 1 is 0.891 bits per heavy atom. The second-order valence-electron chi connectivity index (χ2n) is 12.0. The van der Waals surface area contributed by atoms with Gasteiger partial charge in [-0.1, -0.05) is 18.2 Å². The monoisotopic (exact) mass is 610 g/mol. The summed E-state index contributed by atoms with van der Waals surface area (Å²) in [5.41, 5.74) is 6.13. The molecule has 2 aliphatic rings. The lowest BCUT2D eigenvalue weighted by Gasteiger charge is -2.36. The third-order valence-corrected chi connectivity index (χ3v) is 9.05. The van der Waals surface area contributed by atoms with Gasteiger partial charge in [0.05, 0.1) is 29.4 Å². The van der Waals surface area contributed by atoms with Crippen LogP contribution in [-0.4, -0.2) is 87.5 Å². The third kappa shape index (κ3) is 6.23. The summed E-state index contributed by atoms with van der Waals surface area (Å²) < 4.78 is 0. The van der Waals surface area contributed by atoms with E-state index in [2.05, 4.69) is 48.2 Å². The van der Waals surface area contributed by atoms with Gasteiger partial charge in [-0.05, 0) is 73.1 Å². The van der Waals surface area contributed by atoms with E-state index in [1.54, 1.807) is 24.5 Å². The van der Waals surface area contributed by atoms with Crippen LogP contribution >= 0.6 is 0 Å². The van der Waals surface area contributed by atoms with Crippen molar-refractivity contribution in [2.45, 2.75) is 12.8 Å². The number of anilines is 1. The Kier molecular flexibility index (Phi) is 8.23. The van der Waals surface area contributed by atoms with E-state index >= 15 is 0 Å². The van der Waals surface area contributed by atoms with Crippen molar-refractivity contribution >= 4 is 28.3 Å². The summed E-state index contributed by atoms with van der Waals surface area (Å²) in [5.74, 6) is 0.952. The summed E-state index contributed by atoms with van der Waals surface area (Å²) in [5, 5.41) is 17.8. The molecule has 1 N–H and O–H groups in total. The zero-order valence-corrected chi connectivity index (χ0v) is 25.5. The van der Waals surface area contributed by atoms with Crippen molar-refractivity contribution in [2.75, 3.05) is 50.7 Å². The number of fused-ring (bicyclic) bond motifs is 1. The highest BCUT2D eigenvalue weighted by Gasteiger charge is 2.31. The van der Waals surface area contributed by atoms with Crippen LogP contribution in [-0.2, 0) is 16.0 Å². The van der Waals surface area contributed by atoms with E-state index in [0.717, 1.165) is 65.0 Å². The topological polar surface area (TPSA) is 122 Å². The summed E-state index contributed by atoms with van der Waals surface area (Å²) >= 11 is 0. The molecule has 5 aromatic rings. The molecular formula is C36H34N8O2. The number of likely N-dealkylation sites (tertiary alicyclic amines) is 1. The van der Waals surface area contributed by atoms with Gasteiger partial charge in [0.15, 0.2) is 5.82 Å². The lowest BCUT2D eigenvalue weighted by molar-refractivity contribution is -0.132. The van der Waals surface area contributed by atoms with Crippen LogP contribution in [0.2, 0.25) is 0 Å². The first-order valence-corrected chi connectivity index (χ1v) is 15.7. The lowest BCUT2D eigenvalue weighted by Crippen LogP contribution is -2.51. The molecule has 0 unspecified atom stereocenters. The van der Waals surface area contributed by atoms with E-state index in [1.165, 1.54) is 0 Å². The van der Waals surface area contributed by atoms with E-state index in [1.807, 2.05) is 53.4 Å². The van der Waals surface area contributed by atoms with Crippen molar-refractivity contribution in [1.29, 1.82) is 5.26 Å². The van der Waals surface area contributed by atoms with Crippen LogP contribution in [0, 0.1) is 17.2 Å². The molecular weight excluding hydrogens is 576 g/mol. The summed E-state index contributed by atoms with van der Waals surface area (Å²) in [6, 6.07) is 25.6. The fourth-order valence-electron chi connectivity index (χ4n) is 6.49. The highest BCUT2D eigenvalue weighted by Crippen LogP contribution is 2.29. The van der Waals surface area contributed by atoms with Gasteiger partial charge >= 0.3 is 0 Å². The molecule has 46 heavy (non-hydrogen) atoms. The van der Waals surface area contributed by atoms with Gasteiger partial charge < -0.3 is 9.80 Å². The number of carbonyl (C=O) groups is 2. The van der Waals surface area contributed by atoms with Gasteiger partial charge in [-0.2, -0.15) is 10.4 Å². The Bertz CT molecular complexity index is 1910. The molecule has 2 aliphatic heterocycles. The fourth-order valence-corrected chi connectivity index (χ4v) is 6.49. The minimum Gasteiger partial charge on any atom is -0.368 e. The predicted molar refractivity (Wildman–Crippen MR) is 176 cm³/mol. The van der Waals surface area contributed by atoms with E-state index in [4.69, 9.17) is 0 Å². The average molecular weight is 611 g/mol. The van der Waals surface area contributed by atoms with Gasteiger partial charge in [-0.3, -0.25) is 19.6 Å². The van der Waals surface area contributed by atoms with Crippen LogP contribution in [0.25, 0.3) is 33.5 Å². The van der Waals surface area contributed by atoms with Crippen molar-refractivity contribution in [1.82, 2.24) is 30.0 Å². The molecule has 0 saturated carbocycles. The zero-order valence-electron chi connectivity index (χ0n) is 25.5. The largest absolute Gasteiger partial charge is 0.368 e. The minimum absolute atomic E-state index is 0.0827. The van der Waals surface area contributed by atoms with Crippen LogP contribution in [0.3, 0.4) is 0 Å². The molecule has 4 heterocycles. The number of amides is 1. The maximum atomic E-state index is 13.3. The summed E-state index contributed by atoms with van der Waals surface area (Å²) in [6.07, 6.45) is 4.59. The maximum Gasteiger partial charge on any atom is 0.236 e. The highest BCUT2D eigenvalue weighted by molar-refractivity contribution is 5.94. The molecule has 3 aromatic carbocycles. The van der Waals surface area contributed by atoms with Crippen molar-refractivity contribution in [3.63, 3.8) is 0 Å². The molecule has 2 aromatic heterocycles. The molecule has 0 aliphatic carbocycles. The van der Waals surface area contributed by atoms with E-state index in [9.17, 15) is 14.9 Å². The standard InChI is InChI=1S/C36H34N8O2/c37-22-26-3-1-4-28(19-26)35-31-20-25(5-10-32(31)40-41-35)21-33(45)29-11-14-42(23-29)24-34(46)44-17-15-43(16-18-44)30-8-6-27(7-9-30)36-38-12-2-13-39-36/h1-10,12-13,19-20,29H,11,14-18,21,23-24H2,(H,40,41)/t29-/m1/s1. The number of piperazine rings is 1. The van der Waals surface area contributed by atoms with Crippen LogP contribution < -0.4 is 4.90 Å². The zero-order chi connectivity index (χ0) is 31.5. The quantitative estimate of drug-likeness (QED) is 0.275. The molecule has 7 rings (SSSR count). The Morgan fingerprint density at radius 3 is 2.48 bits per heavy atom. The number of nitrogens with one attached hydrogen (secondary N) is 1. The molecule has 2 saturated heterocycles. The van der Waals surface area contributed by atoms with Gasteiger partial charge in [0, 0.05) is 79.7 Å². The van der Waals surface area contributed by atoms with Gasteiger partial charge in [0.1, 0.15) is 5.78 Å². The number of benzene rings is 3. The summed E-state index contributed by atoms with van der Waals surface area (Å²) in [4.78, 5) is 41.5. The second kappa shape index (κ2) is 12.9. The lowest BCUT2D eigenvalue weighted by atomic mass is 9.96. The number of nitrogens with zero attached hydrogens (tertiary/aromatic N) is 7. The summed E-state index contributed by atoms with van der Waals surface area (Å²) in [7, 11) is 0. The number of H-pyrrole nitrogens is 1. The Labute approximate surface area is 267 Å². The van der Waals surface area contributed by atoms with Crippen molar-refractivity contribution < 1.29 is 9.59 Å². The molecule has 10 nitrogen and oxygen atoms in total. The molecule has 230 valence electrons. The Hall–Kier alpha value is -5.40. The Balaban J connectivity index is 0.905. The number of aromatic nitrogens is 4. The first kappa shape index (κ1) is 29.3. The van der Waals surface area contributed by atoms with Crippen LogP contribution in [0.4, 0.5) is 5.69 Å². The van der Waals surface area contributed by atoms with Crippen molar-refractivity contribution in [2.24, 2.45) is 5.92 Å². The van der Waals surface area contributed by atoms with E-state index < -0.39 is 0 Å². The smallest absolute Gasteiger partial charge is 0.236 e. The predicted octanol–water partition coefficient (Wildman–Crippen LogP) is 4.34. The van der Waals surface area contributed by atoms with E-state index in [-0.39, 0.29) is 17.6 Å². The third-order valence-electron chi connectivity index (χ3n) is 9.05. The number of rotatable bonds is 8. The fraction of sp³-hybridized carbons (Fsp3) is 0.278. The first-order valence-electron chi connectivity index (χ1n) is 15.7. The normalized spacial score (nSPS) is 16.9. The van der Waals surface area contributed by atoms with Gasteiger partial charge in [-0.25, -0.2) is 9.97 Å². The number of nitriles is 1. The first-order chi connectivity index (χ1) is 22.5. The van der Waals surface area contributed by atoms with Gasteiger partial charge in [0.2, 0.25) is 5.91 Å². The molecule has 0 bridgehead atoms. The minimum atomic E-state index is -0.0827. The van der Waals surface area contributed by atoms with Gasteiger partial charge in [-0.15, -0.1) is 0 Å². The number of Topliss-reactive ketones (excluding diaryl/α,β-unsaturated/α-hetero) is 1. The van der Waals surface area contributed by atoms with Gasteiger partial charge in [0.25, 0.3) is 0 Å². The van der Waals surface area contributed by atoms with Crippen molar-refractivity contribution in [3.05, 3.63) is 96.3 Å². The number of carbonyl (C=O) groups excluding carboxylic acids is 2. The molecule has 10 heteroatoms. The van der Waals surface area contributed by atoms with E-state index in [0.29, 0.717) is 44.0 Å². The number of aromatic amines is 1. The van der Waals surface area contributed by atoms with Crippen LogP contribution in [0.5, 0.6) is 0 Å². The molecule has 0 radical (unpaired) electrons. The summed E-state index contributed by atoms with van der Waals surface area (Å²) in [6.45, 7) is 4.63. The SMILES string of the molecule is N#Cc1cccc(-c2n[nH]c3ccc(CC(=O)[C@@H]4CCN(CC(=O)N5CCN(c6ccc(-c7ncccn7)cc6)CC5)C4)cc23)c1.